The quantitative estimate of drug-likeness (QED) is 0.749. The summed E-state index contributed by atoms with van der Waals surface area (Å²) in [6, 6.07) is 18.2. The standard InChI is InChI=1S/C21H18N2O3S/c1-23(21(25)19-11-6-12-27-19)17-9-4-2-8-15(17)20(24)22-16-13-26-18-10-5-3-7-14(16)18/h2-12,16H,13H2,1H3,(H,22,24)/t16-/m0/s1. The van der Waals surface area contributed by atoms with Gasteiger partial charge >= 0.3 is 0 Å². The van der Waals surface area contributed by atoms with E-state index < -0.39 is 0 Å². The molecule has 0 saturated heterocycles. The van der Waals surface area contributed by atoms with Crippen molar-refractivity contribution in [2.24, 2.45) is 0 Å². The van der Waals surface area contributed by atoms with Gasteiger partial charge in [0.15, 0.2) is 0 Å². The van der Waals surface area contributed by atoms with Gasteiger partial charge in [-0.1, -0.05) is 36.4 Å². The van der Waals surface area contributed by atoms with E-state index in [1.54, 1.807) is 31.3 Å². The van der Waals surface area contributed by atoms with E-state index in [0.717, 1.165) is 11.3 Å². The molecule has 2 aromatic carbocycles. The number of benzene rings is 2. The van der Waals surface area contributed by atoms with E-state index in [-0.39, 0.29) is 17.9 Å². The molecular formula is C21H18N2O3S. The van der Waals surface area contributed by atoms with Crippen molar-refractivity contribution in [1.29, 1.82) is 0 Å². The number of ether oxygens (including phenoxy) is 1. The van der Waals surface area contributed by atoms with Gasteiger partial charge in [-0.3, -0.25) is 9.59 Å². The smallest absolute Gasteiger partial charge is 0.268 e. The molecule has 1 atom stereocenters. The Morgan fingerprint density at radius 3 is 2.67 bits per heavy atom. The van der Waals surface area contributed by atoms with E-state index in [0.29, 0.717) is 22.7 Å². The summed E-state index contributed by atoms with van der Waals surface area (Å²) in [6.07, 6.45) is 0. The van der Waals surface area contributed by atoms with Gasteiger partial charge in [-0.2, -0.15) is 0 Å². The normalized spacial score (nSPS) is 14.9. The number of anilines is 1. The highest BCUT2D eigenvalue weighted by Crippen LogP contribution is 2.32. The number of thiophene rings is 1. The van der Waals surface area contributed by atoms with Crippen LogP contribution in [0.5, 0.6) is 5.75 Å². The summed E-state index contributed by atoms with van der Waals surface area (Å²) in [5.41, 5.74) is 1.99. The Bertz CT molecular complexity index is 985. The van der Waals surface area contributed by atoms with Crippen LogP contribution in [-0.4, -0.2) is 25.5 Å². The minimum atomic E-state index is -0.235. The Balaban J connectivity index is 1.58. The lowest BCUT2D eigenvalue weighted by Crippen LogP contribution is -2.32. The van der Waals surface area contributed by atoms with Crippen molar-refractivity contribution < 1.29 is 14.3 Å². The van der Waals surface area contributed by atoms with E-state index in [9.17, 15) is 9.59 Å². The lowest BCUT2D eigenvalue weighted by atomic mass is 10.1. The molecule has 136 valence electrons. The van der Waals surface area contributed by atoms with Gasteiger partial charge in [-0.15, -0.1) is 11.3 Å². The first kappa shape index (κ1) is 17.3. The summed E-state index contributed by atoms with van der Waals surface area (Å²) in [7, 11) is 1.68. The molecule has 5 nitrogen and oxygen atoms in total. The van der Waals surface area contributed by atoms with E-state index in [2.05, 4.69) is 5.32 Å². The van der Waals surface area contributed by atoms with E-state index in [1.165, 1.54) is 16.2 Å². The molecule has 3 aromatic rings. The van der Waals surface area contributed by atoms with Crippen LogP contribution < -0.4 is 15.0 Å². The van der Waals surface area contributed by atoms with Crippen molar-refractivity contribution in [1.82, 2.24) is 5.32 Å². The lowest BCUT2D eigenvalue weighted by Gasteiger charge is -2.21. The van der Waals surface area contributed by atoms with Gasteiger partial charge in [0.05, 0.1) is 22.2 Å². The fourth-order valence-corrected chi connectivity index (χ4v) is 3.85. The molecule has 0 unspecified atom stereocenters. The van der Waals surface area contributed by atoms with Crippen LogP contribution in [0.1, 0.15) is 31.6 Å². The molecule has 1 aromatic heterocycles. The van der Waals surface area contributed by atoms with Crippen molar-refractivity contribution >= 4 is 28.8 Å². The average Bonchev–Trinajstić information content (AvgIpc) is 3.37. The molecule has 0 radical (unpaired) electrons. The van der Waals surface area contributed by atoms with Crippen LogP contribution in [0.4, 0.5) is 5.69 Å². The number of nitrogens with one attached hydrogen (secondary N) is 1. The zero-order valence-corrected chi connectivity index (χ0v) is 15.5. The van der Waals surface area contributed by atoms with Crippen molar-refractivity contribution in [3.05, 3.63) is 82.0 Å². The third kappa shape index (κ3) is 3.31. The van der Waals surface area contributed by atoms with Gasteiger partial charge in [0.2, 0.25) is 0 Å². The highest BCUT2D eigenvalue weighted by atomic mass is 32.1. The van der Waals surface area contributed by atoms with Crippen LogP contribution in [0.3, 0.4) is 0 Å². The molecule has 0 spiro atoms. The first-order valence-corrected chi connectivity index (χ1v) is 9.46. The minimum Gasteiger partial charge on any atom is -0.491 e. The van der Waals surface area contributed by atoms with Crippen molar-refractivity contribution in [2.45, 2.75) is 6.04 Å². The van der Waals surface area contributed by atoms with Gasteiger partial charge in [0.25, 0.3) is 11.8 Å². The van der Waals surface area contributed by atoms with Crippen LogP contribution >= 0.6 is 11.3 Å². The molecule has 4 rings (SSSR count). The Hall–Kier alpha value is -3.12. The summed E-state index contributed by atoms with van der Waals surface area (Å²) >= 11 is 1.38. The Kier molecular flexibility index (Phi) is 4.64. The summed E-state index contributed by atoms with van der Waals surface area (Å²) in [5, 5.41) is 4.88. The minimum absolute atomic E-state index is 0.139. The van der Waals surface area contributed by atoms with Crippen LogP contribution in [0, 0.1) is 0 Å². The molecular weight excluding hydrogens is 360 g/mol. The van der Waals surface area contributed by atoms with Crippen LogP contribution in [-0.2, 0) is 0 Å². The molecule has 2 amide bonds. The molecule has 0 bridgehead atoms. The van der Waals surface area contributed by atoms with Gasteiger partial charge < -0.3 is 15.0 Å². The first-order chi connectivity index (χ1) is 13.1. The zero-order chi connectivity index (χ0) is 18.8. The maximum atomic E-state index is 12.9. The Labute approximate surface area is 161 Å². The number of para-hydroxylation sites is 2. The topological polar surface area (TPSA) is 58.6 Å². The van der Waals surface area contributed by atoms with E-state index >= 15 is 0 Å². The molecule has 1 N–H and O–H groups in total. The summed E-state index contributed by atoms with van der Waals surface area (Å²) in [4.78, 5) is 27.8. The number of fused-ring (bicyclic) bond motifs is 1. The fourth-order valence-electron chi connectivity index (χ4n) is 3.15. The first-order valence-electron chi connectivity index (χ1n) is 8.58. The highest BCUT2D eigenvalue weighted by Gasteiger charge is 2.27. The Morgan fingerprint density at radius 1 is 1.07 bits per heavy atom. The van der Waals surface area contributed by atoms with Gasteiger partial charge in [-0.25, -0.2) is 0 Å². The predicted molar refractivity (Wildman–Crippen MR) is 106 cm³/mol. The monoisotopic (exact) mass is 378 g/mol. The second-order valence-electron chi connectivity index (χ2n) is 6.23. The molecule has 6 heteroatoms. The SMILES string of the molecule is CN(C(=O)c1cccs1)c1ccccc1C(=O)N[C@H]1COc2ccccc21. The highest BCUT2D eigenvalue weighted by molar-refractivity contribution is 7.12. The second kappa shape index (κ2) is 7.25. The van der Waals surface area contributed by atoms with Crippen LogP contribution in [0.2, 0.25) is 0 Å². The van der Waals surface area contributed by atoms with Gasteiger partial charge in [-0.05, 0) is 29.6 Å². The maximum absolute atomic E-state index is 12.9. The zero-order valence-electron chi connectivity index (χ0n) is 14.7. The third-order valence-electron chi connectivity index (χ3n) is 4.55. The molecule has 0 aliphatic carbocycles. The van der Waals surface area contributed by atoms with Crippen LogP contribution in [0.25, 0.3) is 0 Å². The Morgan fingerprint density at radius 2 is 1.85 bits per heavy atom. The number of nitrogens with zero attached hydrogens (tertiary/aromatic N) is 1. The molecule has 0 fully saturated rings. The average molecular weight is 378 g/mol. The van der Waals surface area contributed by atoms with Crippen LogP contribution in [0.15, 0.2) is 66.0 Å². The molecule has 1 aliphatic rings. The molecule has 0 saturated carbocycles. The molecule has 2 heterocycles. The lowest BCUT2D eigenvalue weighted by molar-refractivity contribution is 0.0931. The second-order valence-corrected chi connectivity index (χ2v) is 7.18. The number of carbonyl (C=O) groups excluding carboxylic acids is 2. The third-order valence-corrected chi connectivity index (χ3v) is 5.41. The number of carbonyl (C=O) groups is 2. The maximum Gasteiger partial charge on any atom is 0.268 e. The van der Waals surface area contributed by atoms with Crippen molar-refractivity contribution in [3.63, 3.8) is 0 Å². The number of hydrogen-bond acceptors (Lipinski definition) is 4. The number of rotatable bonds is 4. The summed E-state index contributed by atoms with van der Waals surface area (Å²) < 4.78 is 5.63. The van der Waals surface area contributed by atoms with E-state index in [1.807, 2.05) is 41.8 Å². The number of hydrogen-bond donors (Lipinski definition) is 1. The summed E-state index contributed by atoms with van der Waals surface area (Å²) in [6.45, 7) is 0.400. The largest absolute Gasteiger partial charge is 0.491 e. The fraction of sp³-hybridized carbons (Fsp3) is 0.143. The number of amides is 2. The van der Waals surface area contributed by atoms with Gasteiger partial charge in [0.1, 0.15) is 12.4 Å². The summed E-state index contributed by atoms with van der Waals surface area (Å²) in [5.74, 6) is 0.419. The van der Waals surface area contributed by atoms with Crippen molar-refractivity contribution in [3.8, 4) is 5.75 Å². The van der Waals surface area contributed by atoms with Crippen molar-refractivity contribution in [2.75, 3.05) is 18.6 Å². The molecule has 1 aliphatic heterocycles. The van der Waals surface area contributed by atoms with Gasteiger partial charge in [0, 0.05) is 12.6 Å². The van der Waals surface area contributed by atoms with E-state index in [4.69, 9.17) is 4.74 Å². The predicted octanol–water partition coefficient (Wildman–Crippen LogP) is 3.89. The molecule has 27 heavy (non-hydrogen) atoms.